The minimum Gasteiger partial charge on any atom is -0.469 e. The summed E-state index contributed by atoms with van der Waals surface area (Å²) in [6, 6.07) is 0.120. The fourth-order valence-corrected chi connectivity index (χ4v) is 4.98. The van der Waals surface area contributed by atoms with Gasteiger partial charge in [0.2, 0.25) is 0 Å². The third kappa shape index (κ3) is 0.814. The molecule has 4 aliphatic carbocycles. The maximum absolute atomic E-state index is 12.1. The van der Waals surface area contributed by atoms with Crippen molar-refractivity contribution in [2.75, 3.05) is 7.11 Å². The van der Waals surface area contributed by atoms with E-state index in [9.17, 15) is 4.79 Å². The highest BCUT2D eigenvalue weighted by atomic mass is 16.5. The van der Waals surface area contributed by atoms with Gasteiger partial charge >= 0.3 is 5.97 Å². The summed E-state index contributed by atoms with van der Waals surface area (Å²) >= 11 is 0. The van der Waals surface area contributed by atoms with E-state index in [0.717, 1.165) is 37.5 Å². The summed E-state index contributed by atoms with van der Waals surface area (Å²) in [5, 5.41) is 0. The molecule has 3 unspecified atom stereocenters. The number of hydrogen-bond donors (Lipinski definition) is 1. The van der Waals surface area contributed by atoms with E-state index < -0.39 is 0 Å². The molecule has 84 valence electrons. The van der Waals surface area contributed by atoms with Crippen LogP contribution in [0, 0.1) is 22.7 Å². The zero-order valence-corrected chi connectivity index (χ0v) is 9.45. The predicted octanol–water partition coefficient (Wildman–Crippen LogP) is 1.31. The number of carbonyl (C=O) groups is 1. The number of ether oxygens (including phenoxy) is 1. The molecule has 0 aromatic heterocycles. The van der Waals surface area contributed by atoms with E-state index in [4.69, 9.17) is 10.5 Å². The highest BCUT2D eigenvalue weighted by Crippen LogP contribution is 2.77. The van der Waals surface area contributed by atoms with Crippen molar-refractivity contribution < 1.29 is 9.53 Å². The fraction of sp³-hybridized carbons (Fsp3) is 0.917. The highest BCUT2D eigenvalue weighted by molar-refractivity contribution is 5.80. The summed E-state index contributed by atoms with van der Waals surface area (Å²) in [5.41, 5.74) is 6.00. The van der Waals surface area contributed by atoms with Gasteiger partial charge in [0.25, 0.3) is 0 Å². The average Bonchev–Trinajstić information content (AvgIpc) is 2.85. The Morgan fingerprint density at radius 1 is 1.33 bits per heavy atom. The lowest BCUT2D eigenvalue weighted by molar-refractivity contribution is -0.158. The topological polar surface area (TPSA) is 52.3 Å². The molecule has 0 saturated heterocycles. The van der Waals surface area contributed by atoms with Crippen LogP contribution in [-0.2, 0) is 9.53 Å². The van der Waals surface area contributed by atoms with E-state index in [-0.39, 0.29) is 22.8 Å². The first kappa shape index (κ1) is 9.64. The Bertz CT molecular complexity index is 310. The van der Waals surface area contributed by atoms with E-state index in [0.29, 0.717) is 0 Å². The van der Waals surface area contributed by atoms with Gasteiger partial charge in [-0.2, -0.15) is 0 Å². The number of methoxy groups -OCH3 is 1. The molecule has 4 rings (SSSR count). The smallest absolute Gasteiger partial charge is 0.312 e. The Hall–Kier alpha value is -0.570. The van der Waals surface area contributed by atoms with Crippen molar-refractivity contribution in [3.05, 3.63) is 0 Å². The normalized spacial score (nSPS) is 52.5. The van der Waals surface area contributed by atoms with Crippen LogP contribution in [0.3, 0.4) is 0 Å². The second-order valence-corrected chi connectivity index (χ2v) is 5.86. The Morgan fingerprint density at radius 2 is 1.87 bits per heavy atom. The maximum atomic E-state index is 12.1. The Labute approximate surface area is 90.4 Å². The van der Waals surface area contributed by atoms with Crippen molar-refractivity contribution in [3.8, 4) is 0 Å². The van der Waals surface area contributed by atoms with Crippen LogP contribution in [0.4, 0.5) is 0 Å². The van der Waals surface area contributed by atoms with Crippen LogP contribution < -0.4 is 5.73 Å². The molecule has 0 aromatic rings. The second kappa shape index (κ2) is 2.57. The maximum Gasteiger partial charge on any atom is 0.312 e. The van der Waals surface area contributed by atoms with Crippen LogP contribution in [-0.4, -0.2) is 19.1 Å². The lowest BCUT2D eigenvalue weighted by Crippen LogP contribution is -2.50. The Morgan fingerprint density at radius 3 is 2.27 bits per heavy atom. The average molecular weight is 209 g/mol. The molecular weight excluding hydrogens is 190 g/mol. The summed E-state index contributed by atoms with van der Waals surface area (Å²) in [6.45, 7) is 2.06. The van der Waals surface area contributed by atoms with E-state index in [1.807, 2.05) is 0 Å². The van der Waals surface area contributed by atoms with Crippen molar-refractivity contribution in [2.24, 2.45) is 28.4 Å². The van der Waals surface area contributed by atoms with E-state index in [2.05, 4.69) is 6.92 Å². The molecule has 0 aromatic carbocycles. The van der Waals surface area contributed by atoms with Gasteiger partial charge in [-0.1, -0.05) is 0 Å². The van der Waals surface area contributed by atoms with Crippen LogP contribution in [0.25, 0.3) is 0 Å². The van der Waals surface area contributed by atoms with Crippen LogP contribution in [0.1, 0.15) is 32.6 Å². The molecule has 15 heavy (non-hydrogen) atoms. The lowest BCUT2D eigenvalue weighted by atomic mass is 9.64. The fourth-order valence-electron chi connectivity index (χ4n) is 4.98. The molecule has 0 radical (unpaired) electrons. The zero-order valence-electron chi connectivity index (χ0n) is 9.45. The van der Waals surface area contributed by atoms with Crippen LogP contribution in [0.15, 0.2) is 0 Å². The predicted molar refractivity (Wildman–Crippen MR) is 56.0 cm³/mol. The monoisotopic (exact) mass is 209 g/mol. The second-order valence-electron chi connectivity index (χ2n) is 5.86. The molecule has 3 nitrogen and oxygen atoms in total. The summed E-state index contributed by atoms with van der Waals surface area (Å²) in [7, 11) is 1.51. The quantitative estimate of drug-likeness (QED) is 0.698. The number of esters is 1. The molecule has 0 aliphatic heterocycles. The minimum absolute atomic E-state index is 0.00213. The lowest BCUT2D eigenvalue weighted by Gasteiger charge is -2.41. The number of nitrogens with two attached hydrogens (primary N) is 1. The van der Waals surface area contributed by atoms with Crippen molar-refractivity contribution in [3.63, 3.8) is 0 Å². The standard InChI is InChI=1S/C12H19NO2/c1-7(13)11-3-8-5-12(11,10(14)15-2)6-9(8)4-11/h7-9H,3-6,13H2,1-2H3. The molecule has 2 N–H and O–H groups in total. The molecule has 4 bridgehead atoms. The van der Waals surface area contributed by atoms with Gasteiger partial charge in [0.05, 0.1) is 12.5 Å². The van der Waals surface area contributed by atoms with Crippen molar-refractivity contribution in [2.45, 2.75) is 38.6 Å². The van der Waals surface area contributed by atoms with Gasteiger partial charge < -0.3 is 10.5 Å². The molecule has 4 fully saturated rings. The molecule has 0 heterocycles. The first-order chi connectivity index (χ1) is 7.06. The van der Waals surface area contributed by atoms with Crippen molar-refractivity contribution in [1.29, 1.82) is 0 Å². The van der Waals surface area contributed by atoms with Gasteiger partial charge in [0.15, 0.2) is 0 Å². The largest absolute Gasteiger partial charge is 0.469 e. The van der Waals surface area contributed by atoms with Gasteiger partial charge in [-0.15, -0.1) is 0 Å². The van der Waals surface area contributed by atoms with Crippen molar-refractivity contribution in [1.82, 2.24) is 0 Å². The first-order valence-electron chi connectivity index (χ1n) is 5.90. The first-order valence-corrected chi connectivity index (χ1v) is 5.90. The number of carbonyl (C=O) groups excluding carboxylic acids is 1. The van der Waals surface area contributed by atoms with Gasteiger partial charge in [-0.25, -0.2) is 0 Å². The van der Waals surface area contributed by atoms with E-state index in [1.54, 1.807) is 0 Å². The van der Waals surface area contributed by atoms with Gasteiger partial charge in [-0.05, 0) is 44.4 Å². The molecular formula is C12H19NO2. The molecule has 4 saturated carbocycles. The molecule has 0 spiro atoms. The third-order valence-electron chi connectivity index (χ3n) is 5.54. The zero-order chi connectivity index (χ0) is 10.8. The van der Waals surface area contributed by atoms with Gasteiger partial charge in [0.1, 0.15) is 0 Å². The molecule has 4 aliphatic rings. The summed E-state index contributed by atoms with van der Waals surface area (Å²) < 4.78 is 5.03. The summed E-state index contributed by atoms with van der Waals surface area (Å²) in [4.78, 5) is 12.1. The minimum atomic E-state index is -0.217. The van der Waals surface area contributed by atoms with Crippen LogP contribution in [0.2, 0.25) is 0 Å². The highest BCUT2D eigenvalue weighted by Gasteiger charge is 2.75. The van der Waals surface area contributed by atoms with E-state index >= 15 is 0 Å². The van der Waals surface area contributed by atoms with E-state index in [1.165, 1.54) is 7.11 Å². The van der Waals surface area contributed by atoms with Crippen LogP contribution in [0.5, 0.6) is 0 Å². The number of hydrogen-bond acceptors (Lipinski definition) is 3. The summed E-state index contributed by atoms with van der Waals surface area (Å²) in [5.74, 6) is 1.49. The van der Waals surface area contributed by atoms with Crippen molar-refractivity contribution >= 4 is 5.97 Å². The molecule has 0 amide bonds. The molecule has 3 atom stereocenters. The summed E-state index contributed by atoms with van der Waals surface area (Å²) in [6.07, 6.45) is 4.38. The number of rotatable bonds is 2. The Balaban J connectivity index is 2.07. The third-order valence-corrected chi connectivity index (χ3v) is 5.54. The molecule has 3 heteroatoms. The van der Waals surface area contributed by atoms with Gasteiger partial charge in [0, 0.05) is 11.5 Å². The van der Waals surface area contributed by atoms with Crippen LogP contribution >= 0.6 is 0 Å². The van der Waals surface area contributed by atoms with Gasteiger partial charge in [-0.3, -0.25) is 4.79 Å². The Kier molecular flexibility index (Phi) is 1.65. The SMILES string of the molecule is COC(=O)C12CC3CC1(C(C)N)CC3C2.